The van der Waals surface area contributed by atoms with Gasteiger partial charge in [0.1, 0.15) is 5.03 Å². The molecule has 1 unspecified atom stereocenters. The minimum absolute atomic E-state index is 0.0255. The Morgan fingerprint density at radius 3 is 2.58 bits per heavy atom. The van der Waals surface area contributed by atoms with Crippen LogP contribution in [0.3, 0.4) is 0 Å². The molecule has 2 rings (SSSR count). The summed E-state index contributed by atoms with van der Waals surface area (Å²) in [5.41, 5.74) is 9.98. The van der Waals surface area contributed by atoms with Crippen molar-refractivity contribution in [3.8, 4) is 0 Å². The molecule has 0 spiro atoms. The average molecular weight is 337 g/mol. The first-order chi connectivity index (χ1) is 9.06. The Hall–Kier alpha value is -0.840. The maximum Gasteiger partial charge on any atom is 0.110 e. The number of hydrogen-bond acceptors (Lipinski definition) is 3. The monoisotopic (exact) mass is 336 g/mol. The molecule has 0 bridgehead atoms. The molecular formula is C15H17BrN2S. The normalized spacial score (nSPS) is 12.4. The largest absolute Gasteiger partial charge is 0.323 e. The molecule has 0 saturated heterocycles. The van der Waals surface area contributed by atoms with Gasteiger partial charge in [0.25, 0.3) is 0 Å². The molecule has 1 aromatic heterocycles. The molecule has 0 aliphatic heterocycles. The van der Waals surface area contributed by atoms with Gasteiger partial charge in [-0.2, -0.15) is 0 Å². The molecule has 2 N–H and O–H groups in total. The molecule has 2 aromatic rings. The third kappa shape index (κ3) is 4.06. The summed E-state index contributed by atoms with van der Waals surface area (Å²) in [5, 5.41) is 0.988. The van der Waals surface area contributed by atoms with Crippen molar-refractivity contribution in [2.75, 3.05) is 5.75 Å². The lowest BCUT2D eigenvalue weighted by molar-refractivity contribution is 0.826. The maximum absolute atomic E-state index is 6.27. The molecule has 19 heavy (non-hydrogen) atoms. The molecule has 2 nitrogen and oxygen atoms in total. The molecule has 0 amide bonds. The van der Waals surface area contributed by atoms with E-state index in [1.807, 2.05) is 12.1 Å². The number of rotatable bonds is 4. The molecule has 0 aliphatic carbocycles. The highest BCUT2D eigenvalue weighted by atomic mass is 79.9. The Labute approximate surface area is 126 Å². The lowest BCUT2D eigenvalue weighted by Crippen LogP contribution is -2.13. The molecule has 1 aromatic carbocycles. The molecule has 100 valence electrons. The second-order valence-electron chi connectivity index (χ2n) is 4.63. The Kier molecular flexibility index (Phi) is 5.02. The van der Waals surface area contributed by atoms with E-state index in [0.29, 0.717) is 0 Å². The van der Waals surface area contributed by atoms with E-state index >= 15 is 0 Å². The molecule has 0 fully saturated rings. The molecule has 1 heterocycles. The SMILES string of the molecule is Cc1cc(C)cc(C(N)CSc2ncccc2Br)c1. The van der Waals surface area contributed by atoms with E-state index in [1.54, 1.807) is 18.0 Å². The van der Waals surface area contributed by atoms with Gasteiger partial charge in [-0.05, 0) is 47.5 Å². The van der Waals surface area contributed by atoms with Crippen LogP contribution in [0.25, 0.3) is 0 Å². The molecular weight excluding hydrogens is 320 g/mol. The summed E-state index contributed by atoms with van der Waals surface area (Å²) in [5.74, 6) is 0.818. The first kappa shape index (κ1) is 14.6. The number of aromatic nitrogens is 1. The summed E-state index contributed by atoms with van der Waals surface area (Å²) < 4.78 is 1.02. The minimum Gasteiger partial charge on any atom is -0.323 e. The Bertz CT molecular complexity index is 552. The van der Waals surface area contributed by atoms with Crippen molar-refractivity contribution in [3.05, 3.63) is 57.7 Å². The van der Waals surface area contributed by atoms with Gasteiger partial charge in [-0.25, -0.2) is 4.98 Å². The van der Waals surface area contributed by atoms with Gasteiger partial charge in [-0.3, -0.25) is 0 Å². The van der Waals surface area contributed by atoms with Crippen LogP contribution < -0.4 is 5.73 Å². The number of benzene rings is 1. The van der Waals surface area contributed by atoms with Gasteiger partial charge in [0.15, 0.2) is 0 Å². The lowest BCUT2D eigenvalue weighted by Gasteiger charge is -2.13. The van der Waals surface area contributed by atoms with Gasteiger partial charge in [0.2, 0.25) is 0 Å². The summed E-state index contributed by atoms with van der Waals surface area (Å²) in [7, 11) is 0. The van der Waals surface area contributed by atoms with Gasteiger partial charge < -0.3 is 5.73 Å². The number of aryl methyl sites for hydroxylation is 2. The summed E-state index contributed by atoms with van der Waals surface area (Å²) in [6.45, 7) is 4.21. The van der Waals surface area contributed by atoms with E-state index < -0.39 is 0 Å². The fourth-order valence-corrected chi connectivity index (χ4v) is 3.44. The Balaban J connectivity index is 2.05. The van der Waals surface area contributed by atoms with Gasteiger partial charge in [-0.15, -0.1) is 11.8 Å². The molecule has 1 atom stereocenters. The predicted octanol–water partition coefficient (Wildman–Crippen LogP) is 4.25. The van der Waals surface area contributed by atoms with E-state index in [0.717, 1.165) is 15.3 Å². The number of pyridine rings is 1. The first-order valence-electron chi connectivity index (χ1n) is 6.13. The van der Waals surface area contributed by atoms with Crippen molar-refractivity contribution >= 4 is 27.7 Å². The number of halogens is 1. The highest BCUT2D eigenvalue weighted by molar-refractivity contribution is 9.10. The van der Waals surface area contributed by atoms with E-state index in [4.69, 9.17) is 5.73 Å². The van der Waals surface area contributed by atoms with Crippen LogP contribution in [0.15, 0.2) is 46.0 Å². The summed E-state index contributed by atoms with van der Waals surface area (Å²) in [4.78, 5) is 4.34. The smallest absolute Gasteiger partial charge is 0.110 e. The fraction of sp³-hybridized carbons (Fsp3) is 0.267. The van der Waals surface area contributed by atoms with Gasteiger partial charge in [0, 0.05) is 22.5 Å². The average Bonchev–Trinajstić information content (AvgIpc) is 2.36. The van der Waals surface area contributed by atoms with Crippen molar-refractivity contribution in [3.63, 3.8) is 0 Å². The topological polar surface area (TPSA) is 38.9 Å². The first-order valence-corrected chi connectivity index (χ1v) is 7.91. The van der Waals surface area contributed by atoms with E-state index in [2.05, 4.69) is 53.0 Å². The molecule has 0 aliphatic rings. The van der Waals surface area contributed by atoms with E-state index in [9.17, 15) is 0 Å². The zero-order valence-corrected chi connectivity index (χ0v) is 13.5. The standard InChI is InChI=1S/C15H17BrN2S/c1-10-6-11(2)8-12(7-10)14(17)9-19-15-13(16)4-3-5-18-15/h3-8,14H,9,17H2,1-2H3. The number of nitrogens with two attached hydrogens (primary N) is 1. The lowest BCUT2D eigenvalue weighted by atomic mass is 10.0. The van der Waals surface area contributed by atoms with E-state index in [-0.39, 0.29) is 6.04 Å². The summed E-state index contributed by atoms with van der Waals surface area (Å²) in [6.07, 6.45) is 1.80. The number of nitrogens with zero attached hydrogens (tertiary/aromatic N) is 1. The second kappa shape index (κ2) is 6.55. The van der Waals surface area contributed by atoms with Crippen LogP contribution in [0.5, 0.6) is 0 Å². The van der Waals surface area contributed by atoms with Crippen LogP contribution in [-0.4, -0.2) is 10.7 Å². The molecule has 0 radical (unpaired) electrons. The highest BCUT2D eigenvalue weighted by Crippen LogP contribution is 2.28. The number of thioether (sulfide) groups is 1. The fourth-order valence-electron chi connectivity index (χ4n) is 1.97. The van der Waals surface area contributed by atoms with Crippen LogP contribution >= 0.6 is 27.7 Å². The van der Waals surface area contributed by atoms with Crippen LogP contribution in [0.1, 0.15) is 22.7 Å². The van der Waals surface area contributed by atoms with Crippen LogP contribution in [-0.2, 0) is 0 Å². The van der Waals surface area contributed by atoms with Crippen molar-refractivity contribution in [1.29, 1.82) is 0 Å². The molecule has 4 heteroatoms. The third-order valence-corrected chi connectivity index (χ3v) is 4.82. The second-order valence-corrected chi connectivity index (χ2v) is 6.49. The quantitative estimate of drug-likeness (QED) is 0.848. The zero-order valence-electron chi connectivity index (χ0n) is 11.1. The predicted molar refractivity (Wildman–Crippen MR) is 85.5 cm³/mol. The maximum atomic E-state index is 6.27. The van der Waals surface area contributed by atoms with Crippen molar-refractivity contribution in [2.45, 2.75) is 24.9 Å². The highest BCUT2D eigenvalue weighted by Gasteiger charge is 2.09. The van der Waals surface area contributed by atoms with Crippen molar-refractivity contribution in [2.24, 2.45) is 5.73 Å². The summed E-state index contributed by atoms with van der Waals surface area (Å²) in [6, 6.07) is 10.4. The third-order valence-electron chi connectivity index (χ3n) is 2.80. The minimum atomic E-state index is 0.0255. The van der Waals surface area contributed by atoms with Crippen LogP contribution in [0, 0.1) is 13.8 Å². The van der Waals surface area contributed by atoms with Gasteiger partial charge >= 0.3 is 0 Å². The molecule has 0 saturated carbocycles. The van der Waals surface area contributed by atoms with Gasteiger partial charge in [0.05, 0.1) is 0 Å². The van der Waals surface area contributed by atoms with Crippen molar-refractivity contribution in [1.82, 2.24) is 4.98 Å². The van der Waals surface area contributed by atoms with Crippen LogP contribution in [0.4, 0.5) is 0 Å². The summed E-state index contributed by atoms with van der Waals surface area (Å²) >= 11 is 5.18. The Morgan fingerprint density at radius 2 is 1.95 bits per heavy atom. The van der Waals surface area contributed by atoms with E-state index in [1.165, 1.54) is 16.7 Å². The van der Waals surface area contributed by atoms with Crippen molar-refractivity contribution < 1.29 is 0 Å². The zero-order chi connectivity index (χ0) is 13.8. The van der Waals surface area contributed by atoms with Gasteiger partial charge in [-0.1, -0.05) is 29.3 Å². The number of hydrogen-bond donors (Lipinski definition) is 1. The van der Waals surface area contributed by atoms with Crippen LogP contribution in [0.2, 0.25) is 0 Å². The Morgan fingerprint density at radius 1 is 1.26 bits per heavy atom.